The minimum atomic E-state index is -0.166. The van der Waals surface area contributed by atoms with E-state index < -0.39 is 0 Å². The molecule has 11 aliphatic heterocycles. The van der Waals surface area contributed by atoms with Gasteiger partial charge < -0.3 is 96.1 Å². The molecule has 650 valence electrons. The second-order valence-electron chi connectivity index (χ2n) is 38.4. The zero-order chi connectivity index (χ0) is 83.7. The monoisotopic (exact) mass is 1560 g/mol. The van der Waals surface area contributed by atoms with Crippen molar-refractivity contribution >= 4 is 29.5 Å². The fourth-order valence-corrected chi connectivity index (χ4v) is 15.5. The molecule has 11 aliphatic rings. The van der Waals surface area contributed by atoms with Crippen molar-refractivity contribution in [2.24, 2.45) is 124 Å². The van der Waals surface area contributed by atoms with E-state index in [0.717, 1.165) is 150 Å². The molecule has 0 aromatic heterocycles. The van der Waals surface area contributed by atoms with Crippen LogP contribution in [0, 0.1) is 107 Å². The van der Waals surface area contributed by atoms with Crippen LogP contribution >= 0.6 is 0 Å². The van der Waals surface area contributed by atoms with Gasteiger partial charge in [0.15, 0.2) is 0 Å². The first-order valence-corrected chi connectivity index (χ1v) is 44.2. The number of carbonyl (C=O) groups excluding carboxylic acids is 5. The largest absolute Gasteiger partial charge is 0.369 e. The average molecular weight is 1560 g/mol. The van der Waals surface area contributed by atoms with E-state index in [1.54, 1.807) is 23.6 Å². The van der Waals surface area contributed by atoms with Crippen LogP contribution in [-0.4, -0.2) is 232 Å². The molecule has 19 N–H and O–H groups in total. The highest BCUT2D eigenvalue weighted by atomic mass is 16.2. The Hall–Kier alpha value is -3.17. The van der Waals surface area contributed by atoms with Gasteiger partial charge in [0.1, 0.15) is 0 Å². The molecule has 23 heteroatoms. The molecule has 11 heterocycles. The highest BCUT2D eigenvalue weighted by molar-refractivity contribution is 5.82. The van der Waals surface area contributed by atoms with Crippen LogP contribution in [0.25, 0.3) is 0 Å². The number of nitrogens with zero attached hydrogens (tertiary/aromatic N) is 2. The molecule has 0 aromatic carbocycles. The number of hydrogen-bond acceptors (Lipinski definition) is 18. The number of rotatable bonds is 16. The summed E-state index contributed by atoms with van der Waals surface area (Å²) >= 11 is 0. The summed E-state index contributed by atoms with van der Waals surface area (Å²) in [4.78, 5) is 58.7. The van der Waals surface area contributed by atoms with Crippen LogP contribution in [0.1, 0.15) is 230 Å². The Morgan fingerprint density at radius 3 is 0.736 bits per heavy atom. The third-order valence-corrected chi connectivity index (χ3v) is 24.7. The fourth-order valence-electron chi connectivity index (χ4n) is 15.5. The molecule has 11 rings (SSSR count). The number of nitrogens with two attached hydrogens (primary N) is 3. The second-order valence-corrected chi connectivity index (χ2v) is 38.4. The molecular formula is C87H182N18O5. The van der Waals surface area contributed by atoms with Crippen molar-refractivity contribution in [3.05, 3.63) is 0 Å². The number of primary amides is 1. The summed E-state index contributed by atoms with van der Waals surface area (Å²) in [6.45, 7) is 69.0. The van der Waals surface area contributed by atoms with Gasteiger partial charge in [-0.2, -0.15) is 0 Å². The van der Waals surface area contributed by atoms with Gasteiger partial charge in [-0.3, -0.25) is 24.0 Å². The topological polar surface area (TPSA) is 326 Å². The Labute approximate surface area is 676 Å². The normalized spacial score (nSPS) is 30.0. The summed E-state index contributed by atoms with van der Waals surface area (Å²) in [6, 6.07) is 4.56. The van der Waals surface area contributed by atoms with Crippen molar-refractivity contribution in [3.8, 4) is 0 Å². The minimum Gasteiger partial charge on any atom is -0.369 e. The molecule has 17 atom stereocenters. The smallest absolute Gasteiger partial charge is 0.239 e. The Balaban J connectivity index is 0.000000608. The predicted octanol–water partition coefficient (Wildman–Crippen LogP) is 7.82. The molecule has 0 spiro atoms. The lowest BCUT2D eigenvalue weighted by molar-refractivity contribution is -0.131. The lowest BCUT2D eigenvalue weighted by Gasteiger charge is -2.30. The zero-order valence-electron chi connectivity index (χ0n) is 76.1. The Kier molecular flexibility index (Phi) is 54.3. The molecule has 11 fully saturated rings. The molecule has 110 heavy (non-hydrogen) atoms. The second kappa shape index (κ2) is 57.0. The minimum absolute atomic E-state index is 0.0578. The summed E-state index contributed by atoms with van der Waals surface area (Å²) in [5.74, 6) is 13.9. The Morgan fingerprint density at radius 1 is 0.309 bits per heavy atom. The summed E-state index contributed by atoms with van der Waals surface area (Å²) in [6.07, 6.45) is 11.5. The van der Waals surface area contributed by atoms with Crippen molar-refractivity contribution < 1.29 is 24.0 Å². The number of hydrogen-bond donors (Lipinski definition) is 16. The van der Waals surface area contributed by atoms with Crippen molar-refractivity contribution in [2.45, 2.75) is 297 Å². The Morgan fingerprint density at radius 2 is 0.582 bits per heavy atom. The van der Waals surface area contributed by atoms with Crippen molar-refractivity contribution in [1.82, 2.24) is 78.9 Å². The summed E-state index contributed by atoms with van der Waals surface area (Å²) in [5.41, 5.74) is 16.6. The van der Waals surface area contributed by atoms with E-state index in [0.29, 0.717) is 95.8 Å². The van der Waals surface area contributed by atoms with Gasteiger partial charge in [0.05, 0.1) is 18.0 Å². The first-order chi connectivity index (χ1) is 51.4. The molecule has 0 saturated carbocycles. The van der Waals surface area contributed by atoms with Crippen LogP contribution in [0.4, 0.5) is 0 Å². The molecule has 0 radical (unpaired) electrons. The maximum atomic E-state index is 11.6. The van der Waals surface area contributed by atoms with Crippen LogP contribution in [-0.2, 0) is 24.0 Å². The van der Waals surface area contributed by atoms with Gasteiger partial charge in [-0.05, 0) is 230 Å². The third kappa shape index (κ3) is 44.8. The molecular weight excluding hydrogens is 1380 g/mol. The van der Waals surface area contributed by atoms with Crippen LogP contribution in [0.2, 0.25) is 0 Å². The van der Waals surface area contributed by atoms with Crippen LogP contribution in [0.3, 0.4) is 0 Å². The molecule has 23 nitrogen and oxygen atoms in total. The quantitative estimate of drug-likeness (QED) is 0.0700. The highest BCUT2D eigenvalue weighted by Gasteiger charge is 2.35. The lowest BCUT2D eigenvalue weighted by Crippen LogP contribution is -2.44. The van der Waals surface area contributed by atoms with Crippen molar-refractivity contribution in [1.29, 1.82) is 0 Å². The lowest BCUT2D eigenvalue weighted by atomic mass is 9.91. The van der Waals surface area contributed by atoms with Crippen LogP contribution in [0.15, 0.2) is 0 Å². The molecule has 0 aliphatic carbocycles. The SMILES string of the molecule is CC(=O)N[C@@H]1CN[C@H](C(C)C)C1.CC(=O)N[C@H]1CN[C@H](C(C)C)C1.CC(C)C1CCNC1.CC(C)C1CNC1.CC(C)[C@@H]1CCNC1.CC(C)[C@@H]1CN[C@H](C(=O)N(C)C)C1.CC(C)[C@@H]1C[C@@H](N)CN1.CC(C)[C@@H]1C[C@H](C(N)=O)CN1.CC(C)[C@@H]1C[C@H](N)CN1.CC(C)[C@H]1CCNC1.CC(C)[C@H]1CN[C@@H](C(=O)N(C)C)C1. The molecule has 0 aromatic rings. The summed E-state index contributed by atoms with van der Waals surface area (Å²) in [5, 5.41) is 42.6. The van der Waals surface area contributed by atoms with E-state index in [9.17, 15) is 24.0 Å². The third-order valence-electron chi connectivity index (χ3n) is 24.7. The zero-order valence-corrected chi connectivity index (χ0v) is 76.1. The fraction of sp³-hybridized carbons (Fsp3) is 0.943. The van der Waals surface area contributed by atoms with E-state index in [4.69, 9.17) is 17.2 Å². The number of amides is 5. The predicted molar refractivity (Wildman–Crippen MR) is 466 cm³/mol. The number of nitrogens with one attached hydrogen (secondary N) is 13. The van der Waals surface area contributed by atoms with E-state index >= 15 is 0 Å². The van der Waals surface area contributed by atoms with Crippen LogP contribution < -0.4 is 86.3 Å². The average Bonchev–Trinajstić information content (AvgIpc) is 1.70. The van der Waals surface area contributed by atoms with Crippen LogP contribution in [0.5, 0.6) is 0 Å². The first kappa shape index (κ1) is 105. The van der Waals surface area contributed by atoms with E-state index in [1.807, 2.05) is 28.2 Å². The first-order valence-electron chi connectivity index (χ1n) is 44.2. The van der Waals surface area contributed by atoms with Gasteiger partial charge in [-0.25, -0.2) is 0 Å². The van der Waals surface area contributed by atoms with Gasteiger partial charge >= 0.3 is 0 Å². The highest BCUT2D eigenvalue weighted by Crippen LogP contribution is 2.26. The van der Waals surface area contributed by atoms with Gasteiger partial charge in [-0.15, -0.1) is 0 Å². The summed E-state index contributed by atoms with van der Waals surface area (Å²) in [7, 11) is 7.25. The van der Waals surface area contributed by atoms with Crippen molar-refractivity contribution in [3.63, 3.8) is 0 Å². The molecule has 1 unspecified atom stereocenters. The standard InChI is InChI=1S/2C10H20N2O.2C9H18N2O.C8H16N2O.2C7H16N2.3C7H15N.C6H13N/c2*1-7(2)8-5-9(11-6-8)10(13)12(3)4;2*1-6(2)9-4-8(5-10-9)11-7(3)12;1-5(2)7-3-6(4-10-7)8(9)11;2*1-5(2)7-3-6(8)4-9-7;3*1-6(2)7-3-4-8-5-7;1-5(2)6-3-7-4-6/h2*7-9,11H,5-6H2,1-4H3;2*6,8-10H,4-5H2,1-3H3,(H,11,12);5-7,10H,3-4H2,1-2H3,(H2,9,11);2*5-7,9H,3-4,8H2,1-2H3;3*6-8H,3-5H2,1-2H3;5-7H,3-4H2,1-2H3/t2*8-,9-;8-,9+;8-,9-;6-,7-;6-,7+;6-,7-;2*7-;;/m101001010../s1. The van der Waals surface area contributed by atoms with Gasteiger partial charge in [0.2, 0.25) is 29.5 Å². The molecule has 0 bridgehead atoms. The van der Waals surface area contributed by atoms with E-state index in [-0.39, 0.29) is 47.5 Å². The Bertz CT molecular complexity index is 2240. The number of likely N-dealkylation sites (N-methyl/N-ethyl adjacent to an activating group) is 2. The van der Waals surface area contributed by atoms with Gasteiger partial charge in [-0.1, -0.05) is 152 Å². The van der Waals surface area contributed by atoms with Gasteiger partial charge in [0.25, 0.3) is 0 Å². The maximum Gasteiger partial charge on any atom is 0.239 e. The van der Waals surface area contributed by atoms with E-state index in [2.05, 4.69) is 221 Å². The van der Waals surface area contributed by atoms with Crippen molar-refractivity contribution in [2.75, 3.05) is 126 Å². The van der Waals surface area contributed by atoms with E-state index in [1.165, 1.54) is 71.6 Å². The summed E-state index contributed by atoms with van der Waals surface area (Å²) < 4.78 is 0. The maximum absolute atomic E-state index is 11.6. The molecule has 5 amide bonds. The number of carbonyl (C=O) groups is 5. The molecule has 11 saturated heterocycles. The van der Waals surface area contributed by atoms with Gasteiger partial charge in [0, 0.05) is 129 Å².